The van der Waals surface area contributed by atoms with E-state index in [1.165, 1.54) is 63.0 Å². The van der Waals surface area contributed by atoms with Gasteiger partial charge in [0.05, 0.1) is 5.60 Å². The van der Waals surface area contributed by atoms with E-state index in [4.69, 9.17) is 9.47 Å². The van der Waals surface area contributed by atoms with Crippen LogP contribution in [0.5, 0.6) is 0 Å². The fourth-order valence-electron chi connectivity index (χ4n) is 3.67. The molecule has 3 nitrogen and oxygen atoms in total. The minimum atomic E-state index is 0.213. The molecule has 3 fully saturated rings. The molecule has 20 heavy (non-hydrogen) atoms. The van der Waals surface area contributed by atoms with E-state index in [2.05, 4.69) is 17.1 Å². The predicted octanol–water partition coefficient (Wildman–Crippen LogP) is 2.84. The Labute approximate surface area is 127 Å². The molecule has 1 aliphatic carbocycles. The number of nitrogens with one attached hydrogen (secondary N) is 1. The lowest BCUT2D eigenvalue weighted by Crippen LogP contribution is -2.49. The molecule has 3 rings (SSSR count). The van der Waals surface area contributed by atoms with Crippen LogP contribution in [0.3, 0.4) is 0 Å². The van der Waals surface area contributed by atoms with Crippen molar-refractivity contribution in [2.75, 3.05) is 38.4 Å². The zero-order valence-electron chi connectivity index (χ0n) is 12.8. The molecule has 1 saturated carbocycles. The first-order valence-electron chi connectivity index (χ1n) is 8.20. The van der Waals surface area contributed by atoms with E-state index in [-0.39, 0.29) is 5.60 Å². The molecule has 2 saturated heterocycles. The molecule has 4 heteroatoms. The van der Waals surface area contributed by atoms with Gasteiger partial charge in [-0.15, -0.1) is 0 Å². The zero-order chi connectivity index (χ0) is 13.9. The van der Waals surface area contributed by atoms with Crippen LogP contribution in [-0.4, -0.2) is 50.0 Å². The maximum absolute atomic E-state index is 6.18. The maximum atomic E-state index is 6.18. The van der Waals surface area contributed by atoms with Crippen molar-refractivity contribution in [2.24, 2.45) is 5.41 Å². The third kappa shape index (κ3) is 3.70. The molecule has 1 N–H and O–H groups in total. The highest BCUT2D eigenvalue weighted by atomic mass is 32.2. The number of ether oxygens (including phenoxy) is 2. The summed E-state index contributed by atoms with van der Waals surface area (Å²) in [7, 11) is 1.81. The maximum Gasteiger partial charge on any atom is 0.0713 e. The van der Waals surface area contributed by atoms with Crippen molar-refractivity contribution in [1.29, 1.82) is 0 Å². The van der Waals surface area contributed by atoms with Crippen LogP contribution < -0.4 is 5.32 Å². The van der Waals surface area contributed by atoms with Crippen LogP contribution in [0.15, 0.2) is 0 Å². The van der Waals surface area contributed by atoms with Crippen LogP contribution in [0.1, 0.15) is 44.9 Å². The fraction of sp³-hybridized carbons (Fsp3) is 1.00. The molecule has 1 unspecified atom stereocenters. The fourth-order valence-corrected chi connectivity index (χ4v) is 4.90. The van der Waals surface area contributed by atoms with Gasteiger partial charge in [-0.05, 0) is 61.9 Å². The quantitative estimate of drug-likeness (QED) is 0.817. The van der Waals surface area contributed by atoms with Crippen LogP contribution in [-0.2, 0) is 9.47 Å². The van der Waals surface area contributed by atoms with Crippen LogP contribution in [0, 0.1) is 5.41 Å². The number of hydrogen-bond donors (Lipinski definition) is 1. The van der Waals surface area contributed by atoms with Gasteiger partial charge in [0.2, 0.25) is 0 Å². The molecule has 0 radical (unpaired) electrons. The molecule has 1 atom stereocenters. The van der Waals surface area contributed by atoms with Crippen LogP contribution in [0.4, 0.5) is 0 Å². The summed E-state index contributed by atoms with van der Waals surface area (Å²) in [6, 6.07) is 0.673. The molecular weight excluding hydrogens is 270 g/mol. The van der Waals surface area contributed by atoms with Gasteiger partial charge >= 0.3 is 0 Å². The van der Waals surface area contributed by atoms with Crippen LogP contribution in [0.25, 0.3) is 0 Å². The lowest BCUT2D eigenvalue weighted by atomic mass is 9.85. The van der Waals surface area contributed by atoms with Gasteiger partial charge in [0.25, 0.3) is 0 Å². The Hall–Kier alpha value is 0.230. The lowest BCUT2D eigenvalue weighted by molar-refractivity contribution is -0.0935. The average Bonchev–Trinajstić information content (AvgIpc) is 3.25. The van der Waals surface area contributed by atoms with E-state index < -0.39 is 0 Å². The van der Waals surface area contributed by atoms with Gasteiger partial charge in [-0.3, -0.25) is 0 Å². The first-order valence-corrected chi connectivity index (χ1v) is 9.36. The number of hydrogen-bond acceptors (Lipinski definition) is 4. The monoisotopic (exact) mass is 299 g/mol. The van der Waals surface area contributed by atoms with Gasteiger partial charge in [-0.1, -0.05) is 0 Å². The summed E-state index contributed by atoms with van der Waals surface area (Å²) in [6.07, 6.45) is 8.92. The second-order valence-corrected chi connectivity index (χ2v) is 8.18. The summed E-state index contributed by atoms with van der Waals surface area (Å²) in [5, 5.41) is 3.86. The van der Waals surface area contributed by atoms with Gasteiger partial charge in [0.1, 0.15) is 0 Å². The Morgan fingerprint density at radius 1 is 1.25 bits per heavy atom. The lowest BCUT2D eigenvalue weighted by Gasteiger charge is -2.43. The number of rotatable bonds is 6. The topological polar surface area (TPSA) is 30.5 Å². The first kappa shape index (κ1) is 15.1. The molecule has 0 aromatic carbocycles. The van der Waals surface area contributed by atoms with Crippen LogP contribution >= 0.6 is 11.8 Å². The summed E-state index contributed by atoms with van der Waals surface area (Å²) in [5.41, 5.74) is 0.772. The average molecular weight is 299 g/mol. The highest BCUT2D eigenvalue weighted by Gasteiger charge is 2.43. The summed E-state index contributed by atoms with van der Waals surface area (Å²) in [4.78, 5) is 0. The van der Waals surface area contributed by atoms with Crippen molar-refractivity contribution in [3.63, 3.8) is 0 Å². The second kappa shape index (κ2) is 6.55. The number of methoxy groups -OCH3 is 1. The molecule has 1 spiro atoms. The highest BCUT2D eigenvalue weighted by Crippen LogP contribution is 2.48. The third-order valence-corrected chi connectivity index (χ3v) is 6.44. The Kier molecular flexibility index (Phi) is 4.96. The molecule has 0 amide bonds. The van der Waals surface area contributed by atoms with Crippen molar-refractivity contribution in [3.05, 3.63) is 0 Å². The second-order valence-electron chi connectivity index (χ2n) is 6.96. The third-order valence-electron chi connectivity index (χ3n) is 5.46. The Morgan fingerprint density at radius 2 is 2.05 bits per heavy atom. The van der Waals surface area contributed by atoms with E-state index >= 15 is 0 Å². The van der Waals surface area contributed by atoms with Crippen molar-refractivity contribution in [2.45, 2.75) is 56.6 Å². The van der Waals surface area contributed by atoms with Gasteiger partial charge in [-0.2, -0.15) is 11.8 Å². The zero-order valence-corrected chi connectivity index (χ0v) is 13.6. The molecule has 2 heterocycles. The molecule has 3 aliphatic rings. The van der Waals surface area contributed by atoms with Crippen molar-refractivity contribution in [3.8, 4) is 0 Å². The Balaban J connectivity index is 1.46. The summed E-state index contributed by atoms with van der Waals surface area (Å²) < 4.78 is 11.4. The first-order chi connectivity index (χ1) is 9.76. The molecule has 0 bridgehead atoms. The Morgan fingerprint density at radius 3 is 2.75 bits per heavy atom. The minimum Gasteiger partial charge on any atom is -0.385 e. The van der Waals surface area contributed by atoms with Gasteiger partial charge < -0.3 is 14.8 Å². The van der Waals surface area contributed by atoms with Gasteiger partial charge in [0.15, 0.2) is 0 Å². The summed E-state index contributed by atoms with van der Waals surface area (Å²) in [5.74, 6) is 2.56. The highest BCUT2D eigenvalue weighted by molar-refractivity contribution is 7.99. The van der Waals surface area contributed by atoms with E-state index in [0.717, 1.165) is 13.2 Å². The molecule has 0 aromatic heterocycles. The summed E-state index contributed by atoms with van der Waals surface area (Å²) in [6.45, 7) is 3.05. The predicted molar refractivity (Wildman–Crippen MR) is 84.4 cm³/mol. The smallest absolute Gasteiger partial charge is 0.0713 e. The van der Waals surface area contributed by atoms with Crippen LogP contribution in [0.2, 0.25) is 0 Å². The minimum absolute atomic E-state index is 0.213. The molecule has 116 valence electrons. The number of thioether (sulfide) groups is 1. The van der Waals surface area contributed by atoms with Crippen molar-refractivity contribution >= 4 is 11.8 Å². The van der Waals surface area contributed by atoms with E-state index in [1.54, 1.807) is 0 Å². The van der Waals surface area contributed by atoms with Crippen molar-refractivity contribution < 1.29 is 9.47 Å². The normalized spacial score (nSPS) is 31.4. The SMILES string of the molecule is COCCC1(CNC2CCOC3(CCSCC3)C2)CC1. The summed E-state index contributed by atoms with van der Waals surface area (Å²) >= 11 is 2.09. The van der Waals surface area contributed by atoms with E-state index in [9.17, 15) is 0 Å². The Bertz CT molecular complexity index is 308. The van der Waals surface area contributed by atoms with Gasteiger partial charge in [0, 0.05) is 32.9 Å². The molecule has 0 aromatic rings. The largest absolute Gasteiger partial charge is 0.385 e. The van der Waals surface area contributed by atoms with E-state index in [0.29, 0.717) is 11.5 Å². The van der Waals surface area contributed by atoms with Crippen molar-refractivity contribution in [1.82, 2.24) is 5.32 Å². The standard InChI is InChI=1S/C16H29NO2S/c1-18-9-5-15(3-4-15)13-17-14-2-8-19-16(12-14)6-10-20-11-7-16/h14,17H,2-13H2,1H3. The van der Waals surface area contributed by atoms with E-state index in [1.807, 2.05) is 7.11 Å². The van der Waals surface area contributed by atoms with Gasteiger partial charge in [-0.25, -0.2) is 0 Å². The molecular formula is C16H29NO2S. The molecule has 2 aliphatic heterocycles.